The minimum Gasteiger partial charge on any atom is -0.546 e. The van der Waals surface area contributed by atoms with Gasteiger partial charge in [-0.15, -0.1) is 0 Å². The number of nitrogens with zero attached hydrogens (tertiary/aromatic N) is 2. The number of unbranched alkanes of at least 4 members (excludes halogenated alkanes) is 4. The molecule has 0 radical (unpaired) electrons. The number of carboxylic acid groups (broad SMARTS) is 1. The van der Waals surface area contributed by atoms with E-state index in [-0.39, 0.29) is 0 Å². The highest BCUT2D eigenvalue weighted by Gasteiger charge is 2.24. The zero-order valence-corrected chi connectivity index (χ0v) is 14.0. The number of carbonyl (C=O) groups is 1. The Labute approximate surface area is 128 Å². The van der Waals surface area contributed by atoms with Gasteiger partial charge in [-0.2, -0.15) is 0 Å². The molecule has 0 bridgehead atoms. The number of aryl methyl sites for hydroxylation is 1. The van der Waals surface area contributed by atoms with Crippen LogP contribution in [0.1, 0.15) is 76.9 Å². The molecular formula is C17H30N2O2. The molecule has 0 spiro atoms. The molecule has 1 unspecified atom stereocenters. The molecule has 1 aromatic heterocycles. The van der Waals surface area contributed by atoms with E-state index in [9.17, 15) is 9.90 Å². The van der Waals surface area contributed by atoms with Crippen LogP contribution in [0.3, 0.4) is 0 Å². The number of carboxylic acids is 1. The summed E-state index contributed by atoms with van der Waals surface area (Å²) in [7, 11) is 0. The van der Waals surface area contributed by atoms with Crippen LogP contribution in [0.25, 0.3) is 0 Å². The summed E-state index contributed by atoms with van der Waals surface area (Å²) in [5, 5.41) is 11.2. The van der Waals surface area contributed by atoms with Crippen LogP contribution in [-0.2, 0) is 17.8 Å². The Kier molecular flexibility index (Phi) is 7.48. The normalized spacial score (nSPS) is 12.6. The SMILES string of the molecule is CCCCCCCc1n(CCC)c(C)c[n+]1C(C)C(=O)[O-]. The Morgan fingerprint density at radius 1 is 1.24 bits per heavy atom. The maximum Gasteiger partial charge on any atom is 0.257 e. The summed E-state index contributed by atoms with van der Waals surface area (Å²) in [6.45, 7) is 9.06. The van der Waals surface area contributed by atoms with Crippen LogP contribution in [0, 0.1) is 6.92 Å². The maximum absolute atomic E-state index is 11.2. The lowest BCUT2D eigenvalue weighted by molar-refractivity contribution is -0.719. The average molecular weight is 294 g/mol. The topological polar surface area (TPSA) is 48.9 Å². The van der Waals surface area contributed by atoms with Crippen molar-refractivity contribution in [2.75, 3.05) is 0 Å². The molecule has 4 heteroatoms. The van der Waals surface area contributed by atoms with E-state index in [1.54, 1.807) is 6.92 Å². The molecule has 4 nitrogen and oxygen atoms in total. The van der Waals surface area contributed by atoms with E-state index in [4.69, 9.17) is 0 Å². The Morgan fingerprint density at radius 3 is 2.48 bits per heavy atom. The molecule has 1 aromatic rings. The fourth-order valence-electron chi connectivity index (χ4n) is 2.82. The van der Waals surface area contributed by atoms with E-state index >= 15 is 0 Å². The molecule has 21 heavy (non-hydrogen) atoms. The number of aliphatic carboxylic acids is 1. The molecule has 0 saturated heterocycles. The Balaban J connectivity index is 2.87. The van der Waals surface area contributed by atoms with Crippen LogP contribution in [0.2, 0.25) is 0 Å². The summed E-state index contributed by atoms with van der Waals surface area (Å²) >= 11 is 0. The third-order valence-electron chi connectivity index (χ3n) is 4.07. The van der Waals surface area contributed by atoms with Crippen LogP contribution in [-0.4, -0.2) is 10.5 Å². The lowest BCUT2D eigenvalue weighted by Gasteiger charge is -2.12. The predicted molar refractivity (Wildman–Crippen MR) is 81.8 cm³/mol. The highest BCUT2D eigenvalue weighted by molar-refractivity contribution is 5.66. The van der Waals surface area contributed by atoms with Gasteiger partial charge in [-0.3, -0.25) is 0 Å². The van der Waals surface area contributed by atoms with Gasteiger partial charge in [-0.1, -0.05) is 39.5 Å². The molecule has 120 valence electrons. The first-order valence-corrected chi connectivity index (χ1v) is 8.33. The largest absolute Gasteiger partial charge is 0.546 e. The van der Waals surface area contributed by atoms with Crippen molar-refractivity contribution in [3.63, 3.8) is 0 Å². The van der Waals surface area contributed by atoms with Crippen LogP contribution >= 0.6 is 0 Å². The van der Waals surface area contributed by atoms with Crippen molar-refractivity contribution in [1.29, 1.82) is 0 Å². The molecule has 1 rings (SSSR count). The lowest BCUT2D eigenvalue weighted by Crippen LogP contribution is -2.49. The van der Waals surface area contributed by atoms with E-state index in [1.807, 2.05) is 10.8 Å². The summed E-state index contributed by atoms with van der Waals surface area (Å²) in [5.74, 6) is 0.114. The van der Waals surface area contributed by atoms with Crippen LogP contribution in [0.5, 0.6) is 0 Å². The highest BCUT2D eigenvalue weighted by atomic mass is 16.4. The van der Waals surface area contributed by atoms with Crippen molar-refractivity contribution in [3.8, 4) is 0 Å². The Bertz CT molecular complexity index is 452. The highest BCUT2D eigenvalue weighted by Crippen LogP contribution is 2.12. The molecule has 0 saturated carbocycles. The molecule has 0 aliphatic carbocycles. The minimum atomic E-state index is -1.01. The van der Waals surface area contributed by atoms with Gasteiger partial charge in [-0.25, -0.2) is 9.13 Å². The fourth-order valence-corrected chi connectivity index (χ4v) is 2.82. The van der Waals surface area contributed by atoms with Gasteiger partial charge in [0, 0.05) is 13.3 Å². The fraction of sp³-hybridized carbons (Fsp3) is 0.765. The van der Waals surface area contributed by atoms with Gasteiger partial charge in [0.25, 0.3) is 5.82 Å². The van der Waals surface area contributed by atoms with Gasteiger partial charge in [0.15, 0.2) is 0 Å². The molecule has 0 N–H and O–H groups in total. The van der Waals surface area contributed by atoms with Gasteiger partial charge < -0.3 is 9.90 Å². The summed E-state index contributed by atoms with van der Waals surface area (Å²) in [6.07, 6.45) is 10.1. The second-order valence-electron chi connectivity index (χ2n) is 5.90. The van der Waals surface area contributed by atoms with Crippen molar-refractivity contribution in [1.82, 2.24) is 4.57 Å². The molecule has 0 aliphatic heterocycles. The lowest BCUT2D eigenvalue weighted by atomic mass is 10.1. The van der Waals surface area contributed by atoms with Crippen molar-refractivity contribution in [2.45, 2.75) is 85.2 Å². The number of aromatic nitrogens is 2. The van der Waals surface area contributed by atoms with Crippen molar-refractivity contribution < 1.29 is 14.5 Å². The standard InChI is InChI=1S/C17H30N2O2/c1-5-7-8-9-10-11-16-18(12-6-2)14(3)13-19(16)15(4)17(20)21/h13,15H,5-12H2,1-4H3. The number of rotatable bonds is 10. The van der Waals surface area contributed by atoms with Gasteiger partial charge in [0.05, 0.1) is 12.5 Å². The van der Waals surface area contributed by atoms with Crippen LogP contribution in [0.4, 0.5) is 0 Å². The molecule has 1 atom stereocenters. The molecular weight excluding hydrogens is 264 g/mol. The summed E-state index contributed by atoms with van der Waals surface area (Å²) in [6, 6.07) is -0.604. The first-order valence-electron chi connectivity index (χ1n) is 8.33. The summed E-state index contributed by atoms with van der Waals surface area (Å²) < 4.78 is 4.15. The van der Waals surface area contributed by atoms with E-state index < -0.39 is 12.0 Å². The molecule has 0 fully saturated rings. The predicted octanol–water partition coefficient (Wildman–Crippen LogP) is 2.32. The van der Waals surface area contributed by atoms with Gasteiger partial charge in [0.2, 0.25) is 0 Å². The average Bonchev–Trinajstić information content (AvgIpc) is 2.75. The molecule has 0 aliphatic rings. The Morgan fingerprint density at radius 2 is 1.90 bits per heavy atom. The second-order valence-corrected chi connectivity index (χ2v) is 5.90. The summed E-state index contributed by atoms with van der Waals surface area (Å²) in [4.78, 5) is 11.2. The first kappa shape index (κ1) is 17.7. The third kappa shape index (κ3) is 4.87. The number of imidazole rings is 1. The second kappa shape index (κ2) is 8.85. The zero-order valence-electron chi connectivity index (χ0n) is 14.0. The van der Waals surface area contributed by atoms with Crippen molar-refractivity contribution >= 4 is 5.97 Å². The van der Waals surface area contributed by atoms with Gasteiger partial charge in [0.1, 0.15) is 17.9 Å². The van der Waals surface area contributed by atoms with E-state index in [0.29, 0.717) is 0 Å². The van der Waals surface area contributed by atoms with Crippen molar-refractivity contribution in [3.05, 3.63) is 17.7 Å². The monoisotopic (exact) mass is 294 g/mol. The summed E-state index contributed by atoms with van der Waals surface area (Å²) in [5.41, 5.74) is 1.13. The number of hydrogen-bond acceptors (Lipinski definition) is 2. The third-order valence-corrected chi connectivity index (χ3v) is 4.07. The Hall–Kier alpha value is -1.32. The van der Waals surface area contributed by atoms with Gasteiger partial charge >= 0.3 is 0 Å². The van der Waals surface area contributed by atoms with Crippen LogP contribution in [0.15, 0.2) is 6.20 Å². The molecule has 1 heterocycles. The maximum atomic E-state index is 11.2. The van der Waals surface area contributed by atoms with Gasteiger partial charge in [-0.05, 0) is 19.8 Å². The van der Waals surface area contributed by atoms with Crippen molar-refractivity contribution in [2.24, 2.45) is 0 Å². The quantitative estimate of drug-likeness (QED) is 0.491. The van der Waals surface area contributed by atoms with Crippen LogP contribution < -0.4 is 9.67 Å². The minimum absolute atomic E-state index is 0.604. The first-order chi connectivity index (χ1) is 10.0. The smallest absolute Gasteiger partial charge is 0.257 e. The number of carbonyl (C=O) groups excluding carboxylic acids is 1. The van der Waals surface area contributed by atoms with E-state index in [2.05, 4.69) is 25.3 Å². The molecule has 0 amide bonds. The van der Waals surface area contributed by atoms with E-state index in [1.165, 1.54) is 25.7 Å². The molecule has 0 aromatic carbocycles. The zero-order chi connectivity index (χ0) is 15.8. The van der Waals surface area contributed by atoms with E-state index in [0.717, 1.165) is 37.3 Å². The number of hydrogen-bond donors (Lipinski definition) is 0.